The summed E-state index contributed by atoms with van der Waals surface area (Å²) in [4.78, 5) is 29.3. The molecule has 0 aromatic heterocycles. The number of hydrogen-bond acceptors (Lipinski definition) is 4. The molecule has 214 valence electrons. The Labute approximate surface area is 243 Å². The highest BCUT2D eigenvalue weighted by molar-refractivity contribution is 7.92. The lowest BCUT2D eigenvalue weighted by Crippen LogP contribution is -2.54. The van der Waals surface area contributed by atoms with Gasteiger partial charge in [0, 0.05) is 24.0 Å². The molecule has 40 heavy (non-hydrogen) atoms. The van der Waals surface area contributed by atoms with Crippen molar-refractivity contribution in [2.24, 2.45) is 0 Å². The van der Waals surface area contributed by atoms with Gasteiger partial charge in [-0.2, -0.15) is 0 Å². The molecule has 0 spiro atoms. The SMILES string of the molecule is CC[C@@H](C)NC(=O)[C@@H](Cc1ccccc1)N(Cc1ccccc1Cl)C(=O)CN(c1cccc(C)c1C)S(C)(=O)=O. The number of aryl methyl sites for hydroxylation is 1. The maximum Gasteiger partial charge on any atom is 0.244 e. The van der Waals surface area contributed by atoms with Gasteiger partial charge in [0.2, 0.25) is 21.8 Å². The van der Waals surface area contributed by atoms with Crippen LogP contribution in [-0.4, -0.2) is 50.0 Å². The van der Waals surface area contributed by atoms with Crippen molar-refractivity contribution in [3.63, 3.8) is 0 Å². The summed E-state index contributed by atoms with van der Waals surface area (Å²) in [5.74, 6) is -0.817. The molecule has 2 amide bonds. The van der Waals surface area contributed by atoms with Gasteiger partial charge in [-0.1, -0.05) is 79.2 Å². The third-order valence-corrected chi connectivity index (χ3v) is 8.59. The quantitative estimate of drug-likeness (QED) is 0.314. The highest BCUT2D eigenvalue weighted by Crippen LogP contribution is 2.26. The van der Waals surface area contributed by atoms with E-state index in [0.717, 1.165) is 33.7 Å². The molecule has 2 atom stereocenters. The van der Waals surface area contributed by atoms with E-state index in [1.165, 1.54) is 4.90 Å². The van der Waals surface area contributed by atoms with E-state index in [4.69, 9.17) is 11.6 Å². The highest BCUT2D eigenvalue weighted by Gasteiger charge is 2.34. The molecule has 0 bridgehead atoms. The lowest BCUT2D eigenvalue weighted by Gasteiger charge is -2.34. The van der Waals surface area contributed by atoms with Gasteiger partial charge in [0.15, 0.2) is 0 Å². The van der Waals surface area contributed by atoms with Crippen LogP contribution in [0.15, 0.2) is 72.8 Å². The largest absolute Gasteiger partial charge is 0.352 e. The Balaban J connectivity index is 2.10. The van der Waals surface area contributed by atoms with Crippen molar-refractivity contribution in [1.29, 1.82) is 0 Å². The van der Waals surface area contributed by atoms with Gasteiger partial charge in [-0.25, -0.2) is 8.42 Å². The number of anilines is 1. The fourth-order valence-electron chi connectivity index (χ4n) is 4.41. The second-order valence-corrected chi connectivity index (χ2v) is 12.4. The minimum atomic E-state index is -3.84. The van der Waals surface area contributed by atoms with Crippen molar-refractivity contribution in [2.45, 2.75) is 59.2 Å². The summed E-state index contributed by atoms with van der Waals surface area (Å²) in [5.41, 5.74) is 3.62. The topological polar surface area (TPSA) is 86.8 Å². The van der Waals surface area contributed by atoms with Crippen LogP contribution in [0.25, 0.3) is 0 Å². The molecule has 0 aliphatic carbocycles. The summed E-state index contributed by atoms with van der Waals surface area (Å²) < 4.78 is 27.1. The summed E-state index contributed by atoms with van der Waals surface area (Å²) in [6.07, 6.45) is 2.05. The maximum absolute atomic E-state index is 14.2. The number of carbonyl (C=O) groups excluding carboxylic acids is 2. The first-order chi connectivity index (χ1) is 18.9. The summed E-state index contributed by atoms with van der Waals surface area (Å²) in [6.45, 7) is 7.16. The monoisotopic (exact) mass is 583 g/mol. The molecule has 0 aliphatic rings. The van der Waals surface area contributed by atoms with Gasteiger partial charge in [-0.3, -0.25) is 13.9 Å². The molecule has 0 aliphatic heterocycles. The van der Waals surface area contributed by atoms with Gasteiger partial charge in [-0.15, -0.1) is 0 Å². The minimum Gasteiger partial charge on any atom is -0.352 e. The number of amides is 2. The van der Waals surface area contributed by atoms with Gasteiger partial charge >= 0.3 is 0 Å². The van der Waals surface area contributed by atoms with Crippen molar-refractivity contribution in [1.82, 2.24) is 10.2 Å². The predicted molar refractivity (Wildman–Crippen MR) is 162 cm³/mol. The normalized spacial score (nSPS) is 12.8. The van der Waals surface area contributed by atoms with Crippen LogP contribution in [0.5, 0.6) is 0 Å². The van der Waals surface area contributed by atoms with Crippen molar-refractivity contribution in [2.75, 3.05) is 17.1 Å². The Morgan fingerprint density at radius 2 is 1.60 bits per heavy atom. The second-order valence-electron chi connectivity index (χ2n) is 10.1. The minimum absolute atomic E-state index is 0.0360. The number of nitrogens with zero attached hydrogens (tertiary/aromatic N) is 2. The number of sulfonamides is 1. The molecular formula is C31H38ClN3O4S. The number of nitrogens with one attached hydrogen (secondary N) is 1. The second kappa shape index (κ2) is 13.8. The first-order valence-corrected chi connectivity index (χ1v) is 15.6. The van der Waals surface area contributed by atoms with Crippen molar-refractivity contribution in [3.05, 3.63) is 100 Å². The molecule has 3 aromatic rings. The lowest BCUT2D eigenvalue weighted by molar-refractivity contribution is -0.140. The first-order valence-electron chi connectivity index (χ1n) is 13.3. The molecular weight excluding hydrogens is 546 g/mol. The summed E-state index contributed by atoms with van der Waals surface area (Å²) >= 11 is 6.49. The molecule has 0 saturated heterocycles. The van der Waals surface area contributed by atoms with Crippen LogP contribution in [0.2, 0.25) is 5.02 Å². The van der Waals surface area contributed by atoms with Crippen LogP contribution in [0.3, 0.4) is 0 Å². The third kappa shape index (κ3) is 8.08. The van der Waals surface area contributed by atoms with E-state index in [0.29, 0.717) is 16.3 Å². The van der Waals surface area contributed by atoms with Gasteiger partial charge in [0.25, 0.3) is 0 Å². The van der Waals surface area contributed by atoms with Gasteiger partial charge in [0.05, 0.1) is 11.9 Å². The van der Waals surface area contributed by atoms with Crippen LogP contribution in [0, 0.1) is 13.8 Å². The molecule has 3 rings (SSSR count). The number of benzene rings is 3. The molecule has 0 unspecified atom stereocenters. The maximum atomic E-state index is 14.2. The Hall–Kier alpha value is -3.36. The lowest BCUT2D eigenvalue weighted by atomic mass is 10.0. The van der Waals surface area contributed by atoms with Crippen LogP contribution >= 0.6 is 11.6 Å². The van der Waals surface area contributed by atoms with Crippen molar-refractivity contribution < 1.29 is 18.0 Å². The van der Waals surface area contributed by atoms with E-state index in [1.807, 2.05) is 70.2 Å². The van der Waals surface area contributed by atoms with Crippen molar-refractivity contribution in [3.8, 4) is 0 Å². The summed E-state index contributed by atoms with van der Waals surface area (Å²) in [6, 6.07) is 20.9. The number of hydrogen-bond donors (Lipinski definition) is 1. The zero-order valence-electron chi connectivity index (χ0n) is 23.7. The van der Waals surface area contributed by atoms with E-state index in [9.17, 15) is 18.0 Å². The highest BCUT2D eigenvalue weighted by atomic mass is 35.5. The van der Waals surface area contributed by atoms with Crippen LogP contribution < -0.4 is 9.62 Å². The Bertz CT molecular complexity index is 1430. The van der Waals surface area contributed by atoms with E-state index in [1.54, 1.807) is 30.3 Å². The Kier molecular flexibility index (Phi) is 10.8. The third-order valence-electron chi connectivity index (χ3n) is 7.09. The molecule has 9 heteroatoms. The van der Waals surface area contributed by atoms with E-state index >= 15 is 0 Å². The Morgan fingerprint density at radius 1 is 0.950 bits per heavy atom. The average Bonchev–Trinajstić information content (AvgIpc) is 2.91. The summed E-state index contributed by atoms with van der Waals surface area (Å²) in [5, 5.41) is 3.47. The molecule has 0 heterocycles. The zero-order valence-corrected chi connectivity index (χ0v) is 25.3. The smallest absolute Gasteiger partial charge is 0.244 e. The number of rotatable bonds is 12. The fraction of sp³-hybridized carbons (Fsp3) is 0.355. The standard InChI is InChI=1S/C31H38ClN3O4S/c1-6-23(3)33-31(37)29(19-25-14-8-7-9-15-25)34(20-26-16-10-11-17-27(26)32)30(36)21-35(40(5,38)39)28-18-12-13-22(2)24(28)4/h7-18,23,29H,6,19-21H2,1-5H3,(H,33,37)/t23-,29-/m1/s1. The molecule has 7 nitrogen and oxygen atoms in total. The van der Waals surface area contributed by atoms with E-state index in [-0.39, 0.29) is 24.9 Å². The van der Waals surface area contributed by atoms with E-state index in [2.05, 4.69) is 5.32 Å². The first kappa shape index (κ1) is 31.2. The molecule has 3 aromatic carbocycles. The molecule has 0 saturated carbocycles. The van der Waals surface area contributed by atoms with Gasteiger partial charge < -0.3 is 10.2 Å². The molecule has 0 fully saturated rings. The molecule has 0 radical (unpaired) electrons. The van der Waals surface area contributed by atoms with Crippen LogP contribution in [-0.2, 0) is 32.6 Å². The number of halogens is 1. The molecule has 1 N–H and O–H groups in total. The average molecular weight is 584 g/mol. The van der Waals surface area contributed by atoms with Crippen LogP contribution in [0.4, 0.5) is 5.69 Å². The van der Waals surface area contributed by atoms with Gasteiger partial charge in [-0.05, 0) is 61.6 Å². The predicted octanol–water partition coefficient (Wildman–Crippen LogP) is 5.28. The Morgan fingerprint density at radius 3 is 2.23 bits per heavy atom. The van der Waals surface area contributed by atoms with E-state index < -0.39 is 28.5 Å². The number of carbonyl (C=O) groups is 2. The zero-order chi connectivity index (χ0) is 29.4. The van der Waals surface area contributed by atoms with Gasteiger partial charge in [0.1, 0.15) is 12.6 Å². The van der Waals surface area contributed by atoms with Crippen molar-refractivity contribution >= 4 is 39.1 Å². The summed E-state index contributed by atoms with van der Waals surface area (Å²) in [7, 11) is -3.84. The fourth-order valence-corrected chi connectivity index (χ4v) is 5.50. The van der Waals surface area contributed by atoms with Crippen LogP contribution in [0.1, 0.15) is 42.5 Å².